The highest BCUT2D eigenvalue weighted by atomic mass is 16.5. The molecule has 1 aliphatic heterocycles. The number of benzene rings is 1. The van der Waals surface area contributed by atoms with Crippen LogP contribution in [0, 0.1) is 0 Å². The van der Waals surface area contributed by atoms with Crippen molar-refractivity contribution in [2.24, 2.45) is 0 Å². The number of nitrogens with zero attached hydrogens (tertiary/aromatic N) is 1. The number of anilines is 1. The van der Waals surface area contributed by atoms with Crippen LogP contribution in [-0.4, -0.2) is 19.1 Å². The minimum Gasteiger partial charge on any atom is -0.427 e. The van der Waals surface area contributed by atoms with Gasteiger partial charge in [0.05, 0.1) is 0 Å². The molecule has 3 heteroatoms. The molecule has 0 saturated heterocycles. The molecule has 0 bridgehead atoms. The minimum absolute atomic E-state index is 0.199. The molecular weight excluding hydrogens is 202 g/mol. The summed E-state index contributed by atoms with van der Waals surface area (Å²) in [5, 5.41) is 0. The molecular formula is C13H15NO2. The summed E-state index contributed by atoms with van der Waals surface area (Å²) in [4.78, 5) is 13.3. The van der Waals surface area contributed by atoms with Crippen LogP contribution in [0.15, 0.2) is 36.4 Å². The third-order valence-electron chi connectivity index (χ3n) is 2.54. The van der Waals surface area contributed by atoms with Crippen molar-refractivity contribution >= 4 is 11.7 Å². The van der Waals surface area contributed by atoms with Crippen LogP contribution in [-0.2, 0) is 4.79 Å². The number of rotatable bonds is 3. The van der Waals surface area contributed by atoms with Crippen molar-refractivity contribution in [3.05, 3.63) is 36.4 Å². The summed E-state index contributed by atoms with van der Waals surface area (Å²) < 4.78 is 5.11. The maximum atomic E-state index is 11.1. The van der Waals surface area contributed by atoms with Gasteiger partial charge in [0, 0.05) is 25.2 Å². The fraction of sp³-hybridized carbons (Fsp3) is 0.308. The first-order valence-electron chi connectivity index (χ1n) is 5.50. The molecule has 0 saturated carbocycles. The zero-order valence-corrected chi connectivity index (χ0v) is 9.35. The Bertz CT molecular complexity index is 387. The average molecular weight is 217 g/mol. The molecule has 0 amide bonds. The number of hydrogen-bond donors (Lipinski definition) is 0. The van der Waals surface area contributed by atoms with Gasteiger partial charge in [-0.1, -0.05) is 19.1 Å². The Labute approximate surface area is 95.3 Å². The molecule has 3 nitrogen and oxygen atoms in total. The van der Waals surface area contributed by atoms with Gasteiger partial charge in [0.1, 0.15) is 5.75 Å². The molecule has 1 aromatic rings. The number of carbonyl (C=O) groups is 1. The zero-order chi connectivity index (χ0) is 11.4. The number of esters is 1. The Hall–Kier alpha value is -1.77. The zero-order valence-electron chi connectivity index (χ0n) is 9.35. The highest BCUT2D eigenvalue weighted by Crippen LogP contribution is 2.21. The van der Waals surface area contributed by atoms with E-state index < -0.39 is 0 Å². The van der Waals surface area contributed by atoms with Gasteiger partial charge in [0.15, 0.2) is 0 Å². The molecule has 0 aliphatic carbocycles. The highest BCUT2D eigenvalue weighted by Gasteiger charge is 2.07. The Morgan fingerprint density at radius 2 is 1.88 bits per heavy atom. The van der Waals surface area contributed by atoms with E-state index in [1.165, 1.54) is 0 Å². The largest absolute Gasteiger partial charge is 0.427 e. The number of carbonyl (C=O) groups excluding carboxylic acids is 1. The number of hydrogen-bond acceptors (Lipinski definition) is 3. The summed E-state index contributed by atoms with van der Waals surface area (Å²) in [5.41, 5.74) is 1.15. The predicted molar refractivity (Wildman–Crippen MR) is 63.7 cm³/mol. The third kappa shape index (κ3) is 2.42. The molecule has 1 heterocycles. The van der Waals surface area contributed by atoms with Crippen LogP contribution >= 0.6 is 0 Å². The van der Waals surface area contributed by atoms with Crippen molar-refractivity contribution < 1.29 is 9.53 Å². The third-order valence-corrected chi connectivity index (χ3v) is 2.54. The summed E-state index contributed by atoms with van der Waals surface area (Å²) in [6.07, 6.45) is 4.69. The van der Waals surface area contributed by atoms with Crippen molar-refractivity contribution in [3.8, 4) is 5.75 Å². The normalized spacial score (nSPS) is 14.2. The lowest BCUT2D eigenvalue weighted by Gasteiger charge is -2.17. The Kier molecular flexibility index (Phi) is 3.25. The van der Waals surface area contributed by atoms with Crippen molar-refractivity contribution in [3.63, 3.8) is 0 Å². The molecule has 2 rings (SSSR count). The monoisotopic (exact) mass is 217 g/mol. The lowest BCUT2D eigenvalue weighted by Crippen LogP contribution is -2.18. The van der Waals surface area contributed by atoms with Crippen molar-refractivity contribution in [2.45, 2.75) is 13.3 Å². The fourth-order valence-electron chi connectivity index (χ4n) is 1.62. The standard InChI is InChI=1S/C13H15NO2/c1-2-13(15)16-12-7-5-11(6-8-12)14-9-3-4-10-14/h3-8H,2,9-10H2,1H3. The van der Waals surface area contributed by atoms with Crippen molar-refractivity contribution in [1.29, 1.82) is 0 Å². The highest BCUT2D eigenvalue weighted by molar-refractivity contribution is 5.72. The van der Waals surface area contributed by atoms with Gasteiger partial charge in [-0.2, -0.15) is 0 Å². The Morgan fingerprint density at radius 1 is 1.25 bits per heavy atom. The molecule has 0 fully saturated rings. The quantitative estimate of drug-likeness (QED) is 0.442. The van der Waals surface area contributed by atoms with Crippen LogP contribution in [0.3, 0.4) is 0 Å². The van der Waals surface area contributed by atoms with Crippen molar-refractivity contribution in [2.75, 3.05) is 18.0 Å². The van der Waals surface area contributed by atoms with Gasteiger partial charge in [0.2, 0.25) is 0 Å². The molecule has 16 heavy (non-hydrogen) atoms. The van der Waals surface area contributed by atoms with E-state index in [1.807, 2.05) is 24.3 Å². The SMILES string of the molecule is CCC(=O)Oc1ccc(N2CC=CC2)cc1. The summed E-state index contributed by atoms with van der Waals surface area (Å²) in [6.45, 7) is 3.69. The van der Waals surface area contributed by atoms with E-state index in [4.69, 9.17) is 4.74 Å². The lowest BCUT2D eigenvalue weighted by molar-refractivity contribution is -0.134. The summed E-state index contributed by atoms with van der Waals surface area (Å²) in [7, 11) is 0. The first kappa shape index (κ1) is 10.7. The summed E-state index contributed by atoms with van der Waals surface area (Å²) in [5.74, 6) is 0.415. The Balaban J connectivity index is 2.01. The Morgan fingerprint density at radius 3 is 2.44 bits per heavy atom. The molecule has 1 aliphatic rings. The average Bonchev–Trinajstić information content (AvgIpc) is 2.83. The maximum absolute atomic E-state index is 11.1. The molecule has 0 radical (unpaired) electrons. The maximum Gasteiger partial charge on any atom is 0.310 e. The van der Waals surface area contributed by atoms with Crippen LogP contribution < -0.4 is 9.64 Å². The molecule has 0 spiro atoms. The predicted octanol–water partition coefficient (Wildman–Crippen LogP) is 2.38. The lowest BCUT2D eigenvalue weighted by atomic mass is 10.3. The molecule has 0 N–H and O–H groups in total. The smallest absolute Gasteiger partial charge is 0.310 e. The second kappa shape index (κ2) is 4.84. The number of ether oxygens (including phenoxy) is 1. The van der Waals surface area contributed by atoms with E-state index in [1.54, 1.807) is 6.92 Å². The van der Waals surface area contributed by atoms with Gasteiger partial charge in [0.25, 0.3) is 0 Å². The van der Waals surface area contributed by atoms with Gasteiger partial charge < -0.3 is 9.64 Å². The van der Waals surface area contributed by atoms with E-state index in [0.717, 1.165) is 18.8 Å². The molecule has 0 unspecified atom stereocenters. The molecule has 0 atom stereocenters. The second-order valence-electron chi connectivity index (χ2n) is 3.70. The van der Waals surface area contributed by atoms with Crippen LogP contribution in [0.4, 0.5) is 5.69 Å². The minimum atomic E-state index is -0.199. The van der Waals surface area contributed by atoms with E-state index in [9.17, 15) is 4.79 Å². The van der Waals surface area contributed by atoms with Crippen LogP contribution in [0.25, 0.3) is 0 Å². The molecule has 84 valence electrons. The first-order valence-corrected chi connectivity index (χ1v) is 5.50. The van der Waals surface area contributed by atoms with Crippen LogP contribution in [0.2, 0.25) is 0 Å². The van der Waals surface area contributed by atoms with E-state index in [0.29, 0.717) is 12.2 Å². The molecule has 1 aromatic carbocycles. The first-order chi connectivity index (χ1) is 7.79. The second-order valence-corrected chi connectivity index (χ2v) is 3.70. The summed E-state index contributed by atoms with van der Waals surface area (Å²) >= 11 is 0. The van der Waals surface area contributed by atoms with E-state index >= 15 is 0 Å². The van der Waals surface area contributed by atoms with E-state index in [2.05, 4.69) is 17.1 Å². The van der Waals surface area contributed by atoms with Gasteiger partial charge in [-0.15, -0.1) is 0 Å². The topological polar surface area (TPSA) is 29.5 Å². The van der Waals surface area contributed by atoms with Crippen molar-refractivity contribution in [1.82, 2.24) is 0 Å². The van der Waals surface area contributed by atoms with Gasteiger partial charge >= 0.3 is 5.97 Å². The summed E-state index contributed by atoms with van der Waals surface area (Å²) in [6, 6.07) is 7.62. The van der Waals surface area contributed by atoms with Gasteiger partial charge in [-0.3, -0.25) is 4.79 Å². The van der Waals surface area contributed by atoms with Crippen LogP contribution in [0.1, 0.15) is 13.3 Å². The van der Waals surface area contributed by atoms with Gasteiger partial charge in [-0.25, -0.2) is 0 Å². The van der Waals surface area contributed by atoms with E-state index in [-0.39, 0.29) is 5.97 Å². The fourth-order valence-corrected chi connectivity index (χ4v) is 1.62. The van der Waals surface area contributed by atoms with Crippen LogP contribution in [0.5, 0.6) is 5.75 Å². The molecule has 0 aromatic heterocycles. The van der Waals surface area contributed by atoms with Gasteiger partial charge in [-0.05, 0) is 24.3 Å².